The lowest BCUT2D eigenvalue weighted by Gasteiger charge is -2.08. The summed E-state index contributed by atoms with van der Waals surface area (Å²) in [6.45, 7) is 3.60. The van der Waals surface area contributed by atoms with Crippen molar-refractivity contribution < 1.29 is 19.4 Å². The Morgan fingerprint density at radius 2 is 1.89 bits per heavy atom. The fourth-order valence-electron chi connectivity index (χ4n) is 1.32. The van der Waals surface area contributed by atoms with Gasteiger partial charge in [0.05, 0.1) is 0 Å². The molecule has 0 aliphatic rings. The lowest BCUT2D eigenvalue weighted by Crippen LogP contribution is -2.33. The van der Waals surface area contributed by atoms with Crippen LogP contribution in [0.3, 0.4) is 0 Å². The van der Waals surface area contributed by atoms with E-state index in [0.29, 0.717) is 11.7 Å². The number of hydrogen-bond acceptors (Lipinski definition) is 3. The smallest absolute Gasteiger partial charge is 0.322 e. The van der Waals surface area contributed by atoms with Crippen molar-refractivity contribution in [3.63, 3.8) is 0 Å². The van der Waals surface area contributed by atoms with E-state index < -0.39 is 18.4 Å². The molecular formula is C13H17NO4. The van der Waals surface area contributed by atoms with Crippen molar-refractivity contribution in [1.82, 2.24) is 5.32 Å². The van der Waals surface area contributed by atoms with Gasteiger partial charge in [-0.1, -0.05) is 26.0 Å². The van der Waals surface area contributed by atoms with Gasteiger partial charge in [-0.3, -0.25) is 9.59 Å². The second-order valence-corrected chi connectivity index (χ2v) is 4.18. The van der Waals surface area contributed by atoms with Gasteiger partial charge in [0.25, 0.3) is 5.91 Å². The Morgan fingerprint density at radius 1 is 1.28 bits per heavy atom. The Morgan fingerprint density at radius 3 is 2.39 bits per heavy atom. The first kappa shape index (κ1) is 14.0. The van der Waals surface area contributed by atoms with E-state index >= 15 is 0 Å². The van der Waals surface area contributed by atoms with Crippen LogP contribution in [0.1, 0.15) is 25.3 Å². The first-order valence-electron chi connectivity index (χ1n) is 5.70. The van der Waals surface area contributed by atoms with Crippen LogP contribution in [0.15, 0.2) is 24.3 Å². The van der Waals surface area contributed by atoms with Crippen molar-refractivity contribution in [3.8, 4) is 5.75 Å². The summed E-state index contributed by atoms with van der Waals surface area (Å²) < 4.78 is 5.23. The van der Waals surface area contributed by atoms with E-state index in [4.69, 9.17) is 9.84 Å². The number of carboxylic acid groups (broad SMARTS) is 1. The number of nitrogens with one attached hydrogen (secondary N) is 1. The Bertz CT molecular complexity index is 412. The molecule has 5 heteroatoms. The highest BCUT2D eigenvalue weighted by Crippen LogP contribution is 2.18. The molecule has 0 heterocycles. The standard InChI is InChI=1S/C13H17NO4/c1-9(2)10-3-5-11(6-4-10)18-8-12(15)14-7-13(16)17/h3-6,9H,7-8H2,1-2H3,(H,14,15)(H,16,17). The van der Waals surface area contributed by atoms with Gasteiger partial charge in [-0.25, -0.2) is 0 Å². The van der Waals surface area contributed by atoms with Gasteiger partial charge < -0.3 is 15.2 Å². The van der Waals surface area contributed by atoms with Gasteiger partial charge in [0.2, 0.25) is 0 Å². The Labute approximate surface area is 106 Å². The maximum atomic E-state index is 11.2. The monoisotopic (exact) mass is 251 g/mol. The van der Waals surface area contributed by atoms with Crippen molar-refractivity contribution in [3.05, 3.63) is 29.8 Å². The van der Waals surface area contributed by atoms with Gasteiger partial charge in [0, 0.05) is 0 Å². The number of hydrogen-bond donors (Lipinski definition) is 2. The highest BCUT2D eigenvalue weighted by molar-refractivity contribution is 5.82. The molecular weight excluding hydrogens is 234 g/mol. The SMILES string of the molecule is CC(C)c1ccc(OCC(=O)NCC(=O)O)cc1. The van der Waals surface area contributed by atoms with Crippen molar-refractivity contribution in [2.75, 3.05) is 13.2 Å². The number of carbonyl (C=O) groups is 2. The molecule has 1 rings (SSSR count). The molecule has 18 heavy (non-hydrogen) atoms. The fourth-order valence-corrected chi connectivity index (χ4v) is 1.32. The largest absolute Gasteiger partial charge is 0.484 e. The molecule has 0 aromatic heterocycles. The van der Waals surface area contributed by atoms with Crippen LogP contribution in [-0.2, 0) is 9.59 Å². The van der Waals surface area contributed by atoms with E-state index in [-0.39, 0.29) is 6.61 Å². The van der Waals surface area contributed by atoms with Crippen LogP contribution in [0, 0.1) is 0 Å². The van der Waals surface area contributed by atoms with Gasteiger partial charge >= 0.3 is 5.97 Å². The fraction of sp³-hybridized carbons (Fsp3) is 0.385. The second-order valence-electron chi connectivity index (χ2n) is 4.18. The molecule has 0 saturated heterocycles. The topological polar surface area (TPSA) is 75.6 Å². The van der Waals surface area contributed by atoms with Gasteiger partial charge in [-0.05, 0) is 23.6 Å². The van der Waals surface area contributed by atoms with Gasteiger partial charge in [-0.2, -0.15) is 0 Å². The number of amides is 1. The number of benzene rings is 1. The van der Waals surface area contributed by atoms with Crippen LogP contribution in [0.25, 0.3) is 0 Å². The molecule has 2 N–H and O–H groups in total. The van der Waals surface area contributed by atoms with E-state index in [1.165, 1.54) is 5.56 Å². The normalized spacial score (nSPS) is 10.2. The van der Waals surface area contributed by atoms with Crippen molar-refractivity contribution >= 4 is 11.9 Å². The third kappa shape index (κ3) is 4.86. The zero-order chi connectivity index (χ0) is 13.5. The summed E-state index contributed by atoms with van der Waals surface area (Å²) >= 11 is 0. The Hall–Kier alpha value is -2.04. The molecule has 0 bridgehead atoms. The molecule has 0 radical (unpaired) electrons. The molecule has 0 saturated carbocycles. The Balaban J connectivity index is 2.39. The quantitative estimate of drug-likeness (QED) is 0.801. The number of aliphatic carboxylic acids is 1. The minimum atomic E-state index is -1.08. The van der Waals surface area contributed by atoms with E-state index in [0.717, 1.165) is 0 Å². The van der Waals surface area contributed by atoms with Gasteiger partial charge in [0.15, 0.2) is 6.61 Å². The number of ether oxygens (including phenoxy) is 1. The van der Waals surface area contributed by atoms with E-state index in [1.54, 1.807) is 12.1 Å². The maximum absolute atomic E-state index is 11.2. The second kappa shape index (κ2) is 6.64. The molecule has 1 aromatic rings. The number of rotatable bonds is 6. The molecule has 5 nitrogen and oxygen atoms in total. The molecule has 1 aromatic carbocycles. The molecule has 0 aliphatic carbocycles. The predicted octanol–water partition coefficient (Wildman–Crippen LogP) is 1.39. The van der Waals surface area contributed by atoms with Crippen LogP contribution in [0.4, 0.5) is 0 Å². The van der Waals surface area contributed by atoms with Crippen LogP contribution in [-0.4, -0.2) is 30.1 Å². The molecule has 1 amide bonds. The first-order valence-corrected chi connectivity index (χ1v) is 5.70. The molecule has 0 spiro atoms. The van der Waals surface area contributed by atoms with Gasteiger partial charge in [-0.15, -0.1) is 0 Å². The average molecular weight is 251 g/mol. The van der Waals surface area contributed by atoms with Crippen molar-refractivity contribution in [2.45, 2.75) is 19.8 Å². The first-order chi connectivity index (χ1) is 8.49. The molecule has 0 fully saturated rings. The molecule has 0 aliphatic heterocycles. The van der Waals surface area contributed by atoms with Crippen LogP contribution >= 0.6 is 0 Å². The summed E-state index contributed by atoms with van der Waals surface area (Å²) in [4.78, 5) is 21.4. The zero-order valence-electron chi connectivity index (χ0n) is 10.5. The summed E-state index contributed by atoms with van der Waals surface area (Å²) in [5.74, 6) is -0.502. The van der Waals surface area contributed by atoms with Crippen LogP contribution < -0.4 is 10.1 Å². The van der Waals surface area contributed by atoms with Crippen LogP contribution in [0.5, 0.6) is 5.75 Å². The van der Waals surface area contributed by atoms with E-state index in [9.17, 15) is 9.59 Å². The summed E-state index contributed by atoms with van der Waals surface area (Å²) in [5.41, 5.74) is 1.19. The molecule has 0 atom stereocenters. The third-order valence-electron chi connectivity index (χ3n) is 2.35. The highest BCUT2D eigenvalue weighted by Gasteiger charge is 2.05. The van der Waals surface area contributed by atoms with E-state index in [2.05, 4.69) is 19.2 Å². The summed E-state index contributed by atoms with van der Waals surface area (Å²) in [7, 11) is 0. The minimum absolute atomic E-state index is 0.186. The molecule has 98 valence electrons. The van der Waals surface area contributed by atoms with Crippen LogP contribution in [0.2, 0.25) is 0 Å². The zero-order valence-corrected chi connectivity index (χ0v) is 10.5. The summed E-state index contributed by atoms with van der Waals surface area (Å²) in [6, 6.07) is 7.46. The molecule has 0 unspecified atom stereocenters. The predicted molar refractivity (Wildman–Crippen MR) is 66.7 cm³/mol. The Kier molecular flexibility index (Phi) is 5.17. The third-order valence-corrected chi connectivity index (χ3v) is 2.35. The number of carboxylic acids is 1. The van der Waals surface area contributed by atoms with Gasteiger partial charge in [0.1, 0.15) is 12.3 Å². The summed E-state index contributed by atoms with van der Waals surface area (Å²) in [6.07, 6.45) is 0. The summed E-state index contributed by atoms with van der Waals surface area (Å²) in [5, 5.41) is 10.6. The lowest BCUT2D eigenvalue weighted by molar-refractivity contribution is -0.138. The maximum Gasteiger partial charge on any atom is 0.322 e. The van der Waals surface area contributed by atoms with Crippen molar-refractivity contribution in [1.29, 1.82) is 0 Å². The number of carbonyl (C=O) groups excluding carboxylic acids is 1. The highest BCUT2D eigenvalue weighted by atomic mass is 16.5. The van der Waals surface area contributed by atoms with E-state index in [1.807, 2.05) is 12.1 Å². The van der Waals surface area contributed by atoms with Crippen molar-refractivity contribution in [2.24, 2.45) is 0 Å². The lowest BCUT2D eigenvalue weighted by atomic mass is 10.0. The minimum Gasteiger partial charge on any atom is -0.484 e. The average Bonchev–Trinajstić information content (AvgIpc) is 2.34.